The van der Waals surface area contributed by atoms with Gasteiger partial charge in [-0.15, -0.1) is 12.4 Å². The molecule has 0 amide bonds. The third kappa shape index (κ3) is 42.8. The van der Waals surface area contributed by atoms with E-state index in [9.17, 15) is 53.9 Å². The summed E-state index contributed by atoms with van der Waals surface area (Å²) in [5, 5.41) is 70.1. The van der Waals surface area contributed by atoms with Crippen LogP contribution in [0.2, 0.25) is 0 Å². The first-order chi connectivity index (χ1) is 53.1. The van der Waals surface area contributed by atoms with E-state index < -0.39 is 78.9 Å². The van der Waals surface area contributed by atoms with Gasteiger partial charge in [-0.25, -0.2) is 41.1 Å². The monoisotopic (exact) mass is 2060 g/mol. The molecular formula is C64H61Br4Cl5N8NaO28PS4. The number of nitrogens with two attached hydrogens (primary N) is 2. The second kappa shape index (κ2) is 52.7. The summed E-state index contributed by atoms with van der Waals surface area (Å²) >= 11 is 25.7. The Morgan fingerprint density at radius 3 is 1.10 bits per heavy atom. The SMILES string of the molecule is BrBr.BrCc1noc2ccccc12.C1CC1.CC(=O)O.Cl.NO.NS(=O)(=O)Cc1noc2ccccc12.O=C(O)C(Br)c1noc2ccccc12.O=C(O)Cc1noc2ccccc12.O=P(Cl)(Cl)Cl.O=S(=O)(Cl)Cc1noc2ccccc12.O=S(=O)(O)O.O=S(=O)([O-])Cc1noc2ccccc12.O=c1cc(O)c2ccccc2o1.[Na+]. The number of rotatable bonds is 11. The van der Waals surface area contributed by atoms with Gasteiger partial charge in [-0.1, -0.05) is 167 Å². The molecule has 1 saturated carbocycles. The van der Waals surface area contributed by atoms with Crippen molar-refractivity contribution in [3.63, 3.8) is 0 Å². The van der Waals surface area contributed by atoms with Gasteiger partial charge >= 0.3 is 62.7 Å². The average molecular weight is 2070 g/mol. The van der Waals surface area contributed by atoms with Crippen LogP contribution in [-0.4, -0.2) is 122 Å². The molecule has 0 radical (unpaired) electrons. The van der Waals surface area contributed by atoms with Crippen molar-refractivity contribution in [2.24, 2.45) is 11.0 Å². The molecule has 1 unspecified atom stereocenters. The molecule has 1 atom stereocenters. The topological polar surface area (TPSA) is 608 Å². The van der Waals surface area contributed by atoms with Crippen molar-refractivity contribution < 1.29 is 153 Å². The number of primary sulfonamides is 1. The fourth-order valence-corrected chi connectivity index (χ4v) is 10.9. The molecule has 618 valence electrons. The Kier molecular flexibility index (Phi) is 48.5. The molecule has 0 saturated heterocycles. The Balaban J connectivity index is 0.000000642. The molecule has 7 aromatic carbocycles. The maximum absolute atomic E-state index is 10.8. The number of carboxylic acids is 3. The van der Waals surface area contributed by atoms with Gasteiger partial charge < -0.3 is 61.7 Å². The number of halogens is 9. The Hall–Kier alpha value is -7.06. The number of carbonyl (C=O) groups is 3. The summed E-state index contributed by atoms with van der Waals surface area (Å²) in [4.78, 5) is 40.1. The maximum atomic E-state index is 10.8. The van der Waals surface area contributed by atoms with Crippen LogP contribution in [0.3, 0.4) is 0 Å². The normalized spacial score (nSPS) is 11.2. The van der Waals surface area contributed by atoms with Gasteiger partial charge in [-0.3, -0.25) is 28.1 Å². The van der Waals surface area contributed by atoms with E-state index in [-0.39, 0.29) is 71.3 Å². The minimum atomic E-state index is -4.67. The molecule has 0 bridgehead atoms. The molecule has 7 aromatic heterocycles. The van der Waals surface area contributed by atoms with Gasteiger partial charge in [-0.05, 0) is 119 Å². The van der Waals surface area contributed by atoms with Crippen molar-refractivity contribution in [1.29, 1.82) is 0 Å². The van der Waals surface area contributed by atoms with E-state index in [2.05, 4.69) is 131 Å². The molecule has 51 heteroatoms. The molecule has 36 nitrogen and oxygen atoms in total. The first kappa shape index (κ1) is 106. The number of aliphatic carboxylic acids is 3. The fraction of sp³-hybridized carbons (Fsp3) is 0.156. The number of alkyl halides is 2. The predicted octanol–water partition coefficient (Wildman–Crippen LogP) is 13.3. The number of hydrogen-bond acceptors (Lipinski definition) is 30. The summed E-state index contributed by atoms with van der Waals surface area (Å²) in [7, 11) is -11.0. The number of hydrogen-bond donors (Lipinski definition) is 9. The van der Waals surface area contributed by atoms with Gasteiger partial charge in [0, 0.05) is 83.5 Å². The number of benzene rings is 7. The van der Waals surface area contributed by atoms with Crippen molar-refractivity contribution >= 4 is 256 Å². The quantitative estimate of drug-likeness (QED) is 0.0110. The van der Waals surface area contributed by atoms with Crippen LogP contribution in [0.15, 0.2) is 212 Å². The first-order valence-electron chi connectivity index (χ1n) is 30.3. The standard InChI is InChI=1S/C9H6BrNO3.C9H7NO3.C9H6O3.C8H6BrNO.C8H6ClNO3S.C8H8N2O3S.C8H7NO4S.C3H6.C2H4O2.Br2.Cl3OP.ClH.H3NO.Na.H2O4S/c10-7(9(12)13)8-5-3-1-2-4-6(5)14-11-8;11-9(12)5-7-6-3-1-2-4-8(6)13-10-7;10-7-5-9(11)12-8-4-2-1-3-6(7)8;9-5-7-6-3-1-2-4-8(6)11-10-7;2*9-14(11,12)5-7-6-3-1-2-4-8(6)13-10-7;10-14(11,12)5-7-6-3-1-2-4-8(6)13-9-7;1-2-3-1;1-2(3)4;1-2;1-5(2,3)4;;1-2;;1-5(2,3)4/h1-4,7H,(H,12,13);1-4H,5H2,(H,11,12);1-5,10H;1-4H,5H2;1-4H,5H2;1-4H,5H2,(H2,9,11,12);1-4H,5H2,(H,10,11,12);1-3H2;1H3,(H,3,4);;;1H;2H,1H2;;(H2,1,2,3,4)/q;;;;;;;;;;;;;+1;/p-1. The summed E-state index contributed by atoms with van der Waals surface area (Å²) in [5.41, 5.74) is 6.22. The van der Waals surface area contributed by atoms with E-state index in [1.54, 1.807) is 127 Å². The summed E-state index contributed by atoms with van der Waals surface area (Å²) in [6.45, 7) is 1.08. The van der Waals surface area contributed by atoms with Gasteiger partial charge in [0.1, 0.15) is 67.1 Å². The van der Waals surface area contributed by atoms with Gasteiger partial charge in [0.2, 0.25) is 19.1 Å². The molecular weight excluding hydrogens is 2010 g/mol. The van der Waals surface area contributed by atoms with E-state index in [1.807, 2.05) is 42.5 Å². The second-order valence-electron chi connectivity index (χ2n) is 21.2. The summed E-state index contributed by atoms with van der Waals surface area (Å²) in [6.07, 6.45) is 4.40. The van der Waals surface area contributed by atoms with Crippen LogP contribution in [0, 0.1) is 0 Å². The number of aromatic nitrogens is 6. The summed E-state index contributed by atoms with van der Waals surface area (Å²) in [5.74, 6) is -0.510. The van der Waals surface area contributed by atoms with Gasteiger partial charge in [0.15, 0.2) is 38.3 Å². The number of nitrogens with zero attached hydrogens (tertiary/aromatic N) is 6. The van der Waals surface area contributed by atoms with Crippen molar-refractivity contribution in [3.05, 3.63) is 221 Å². The Labute approximate surface area is 730 Å². The maximum Gasteiger partial charge on any atom is 1.00 e. The van der Waals surface area contributed by atoms with Crippen LogP contribution >= 0.6 is 122 Å². The number of carboxylic acid groups (broad SMARTS) is 3. The van der Waals surface area contributed by atoms with Crippen LogP contribution in [-0.2, 0) is 87.5 Å². The molecule has 11 N–H and O–H groups in total. The van der Waals surface area contributed by atoms with Crippen LogP contribution in [0.4, 0.5) is 0 Å². The van der Waals surface area contributed by atoms with Crippen molar-refractivity contribution in [2.75, 3.05) is 0 Å². The Morgan fingerprint density at radius 1 is 0.522 bits per heavy atom. The van der Waals surface area contributed by atoms with Crippen LogP contribution in [0.25, 0.3) is 76.8 Å². The van der Waals surface area contributed by atoms with Gasteiger partial charge in [0.25, 0.3) is 5.97 Å². The van der Waals surface area contributed by atoms with Gasteiger partial charge in [0.05, 0.1) is 23.6 Å². The zero-order valence-corrected chi connectivity index (χ0v) is 74.9. The minimum Gasteiger partial charge on any atom is -0.748 e. The smallest absolute Gasteiger partial charge is 0.748 e. The molecule has 15 rings (SSSR count). The minimum absolute atomic E-state index is 0. The van der Waals surface area contributed by atoms with E-state index in [0.717, 1.165) is 45.8 Å². The van der Waals surface area contributed by atoms with Crippen molar-refractivity contribution in [3.8, 4) is 5.75 Å². The summed E-state index contributed by atoms with van der Waals surface area (Å²) in [6, 6.07) is 50.9. The van der Waals surface area contributed by atoms with Gasteiger partial charge in [-0.2, -0.15) is 8.42 Å². The zero-order chi connectivity index (χ0) is 84.9. The molecule has 1 aliphatic rings. The second-order valence-corrected chi connectivity index (χ2v) is 36.0. The first-order valence-corrected chi connectivity index (χ1v) is 47.6. The number of fused-ring (bicyclic) bond motifs is 7. The third-order valence-corrected chi connectivity index (χ3v) is 16.1. The van der Waals surface area contributed by atoms with Crippen molar-refractivity contribution in [2.45, 2.75) is 60.0 Å². The van der Waals surface area contributed by atoms with Crippen LogP contribution < -0.4 is 46.2 Å². The van der Waals surface area contributed by atoms with E-state index in [1.165, 1.54) is 19.3 Å². The number of aromatic hydroxyl groups is 1. The molecule has 1 aliphatic carbocycles. The zero-order valence-electron chi connectivity index (χ0n) is 58.5. The number of sulfonamides is 1. The van der Waals surface area contributed by atoms with Crippen LogP contribution in [0.1, 0.15) is 65.2 Å². The number of para-hydroxylation sites is 7. The molecule has 0 aliphatic heterocycles. The predicted molar refractivity (Wildman–Crippen MR) is 438 cm³/mol. The van der Waals surface area contributed by atoms with E-state index in [0.29, 0.717) is 77.8 Å². The molecule has 1 fully saturated rings. The average Bonchev–Trinajstić information content (AvgIpc) is 1.72. The molecule has 0 spiro atoms. The molecule has 7 heterocycles. The summed E-state index contributed by atoms with van der Waals surface area (Å²) < 4.78 is 150. The largest absolute Gasteiger partial charge is 1.00 e. The Morgan fingerprint density at radius 2 is 0.791 bits per heavy atom. The van der Waals surface area contributed by atoms with Crippen molar-refractivity contribution in [1.82, 2.24) is 30.9 Å². The molecule has 115 heavy (non-hydrogen) atoms. The van der Waals surface area contributed by atoms with E-state index >= 15 is 0 Å². The third-order valence-electron chi connectivity index (χ3n) is 12.5. The molecule has 14 aromatic rings. The van der Waals surface area contributed by atoms with E-state index in [4.69, 9.17) is 90.2 Å². The Bertz CT molecular complexity index is 5720. The van der Waals surface area contributed by atoms with Crippen LogP contribution in [0.5, 0.6) is 5.75 Å². The fourth-order valence-electron chi connectivity index (χ4n) is 8.19.